The third kappa shape index (κ3) is 6.20. The number of carbonyl (C=O) groups is 1. The molecule has 2 fully saturated rings. The summed E-state index contributed by atoms with van der Waals surface area (Å²) in [6.45, 7) is 1.92. The van der Waals surface area contributed by atoms with Crippen LogP contribution in [-0.2, 0) is 4.74 Å². The molecule has 0 saturated carbocycles. The van der Waals surface area contributed by atoms with E-state index in [2.05, 4.69) is 10.2 Å². The van der Waals surface area contributed by atoms with Gasteiger partial charge >= 0.3 is 0 Å². The number of ether oxygens (including phenoxy) is 1. The third-order valence-corrected chi connectivity index (χ3v) is 5.56. The van der Waals surface area contributed by atoms with Crippen LogP contribution in [0.2, 0.25) is 0 Å². The van der Waals surface area contributed by atoms with Gasteiger partial charge in [0, 0.05) is 31.9 Å². The van der Waals surface area contributed by atoms with Gasteiger partial charge in [-0.2, -0.15) is 0 Å². The number of amides is 1. The zero-order valence-electron chi connectivity index (χ0n) is 17.0. The van der Waals surface area contributed by atoms with E-state index in [4.69, 9.17) is 4.74 Å². The highest BCUT2D eigenvalue weighted by Crippen LogP contribution is 2.28. The molecule has 9 heteroatoms. The first kappa shape index (κ1) is 25.9. The average molecular weight is 450 g/mol. The van der Waals surface area contributed by atoms with Crippen molar-refractivity contribution in [3.8, 4) is 0 Å². The fourth-order valence-electron chi connectivity index (χ4n) is 4.02. The zero-order valence-corrected chi connectivity index (χ0v) is 18.6. The second-order valence-corrected chi connectivity index (χ2v) is 7.62. The fourth-order valence-corrected chi connectivity index (χ4v) is 4.02. The maximum Gasteiger partial charge on any atom is 0.251 e. The highest BCUT2D eigenvalue weighted by molar-refractivity contribution is 5.94. The maximum atomic E-state index is 12.5. The molecule has 4 atom stereocenters. The number of nitrogens with one attached hydrogen (secondary N) is 1. The number of rotatable bonds is 6. The van der Waals surface area contributed by atoms with Crippen LogP contribution >= 0.6 is 24.8 Å². The molecule has 2 saturated heterocycles. The Bertz CT molecular complexity index is 627. The Morgan fingerprint density at radius 2 is 1.76 bits per heavy atom. The van der Waals surface area contributed by atoms with Crippen molar-refractivity contribution in [2.24, 2.45) is 0 Å². The summed E-state index contributed by atoms with van der Waals surface area (Å²) in [4.78, 5) is 16.7. The normalized spacial score (nSPS) is 26.9. The molecule has 1 aromatic carbocycles. The van der Waals surface area contributed by atoms with E-state index >= 15 is 0 Å². The lowest BCUT2D eigenvalue weighted by atomic mass is 9.99. The predicted octanol–water partition coefficient (Wildman–Crippen LogP) is 1.30. The molecule has 0 aromatic heterocycles. The number of anilines is 1. The summed E-state index contributed by atoms with van der Waals surface area (Å²) >= 11 is 0. The highest BCUT2D eigenvalue weighted by Gasteiger charge is 2.46. The molecule has 2 heterocycles. The van der Waals surface area contributed by atoms with Crippen LogP contribution in [0, 0.1) is 0 Å². The molecule has 0 unspecified atom stereocenters. The van der Waals surface area contributed by atoms with Crippen LogP contribution in [0.1, 0.15) is 29.6 Å². The molecule has 0 spiro atoms. The molecule has 0 bridgehead atoms. The zero-order chi connectivity index (χ0) is 19.4. The summed E-state index contributed by atoms with van der Waals surface area (Å²) in [6.07, 6.45) is 1.73. The van der Waals surface area contributed by atoms with Gasteiger partial charge in [-0.15, -0.1) is 24.8 Å². The summed E-state index contributed by atoms with van der Waals surface area (Å²) in [5.74, 6) is -0.164. The Hall–Kier alpha value is -1.09. The predicted molar refractivity (Wildman–Crippen MR) is 119 cm³/mol. The second kappa shape index (κ2) is 11.9. The monoisotopic (exact) mass is 449 g/mol. The summed E-state index contributed by atoms with van der Waals surface area (Å²) in [5.41, 5.74) is 1.62. The van der Waals surface area contributed by atoms with Crippen LogP contribution in [0.25, 0.3) is 0 Å². The molecule has 29 heavy (non-hydrogen) atoms. The van der Waals surface area contributed by atoms with E-state index in [0.717, 1.165) is 31.6 Å². The van der Waals surface area contributed by atoms with Crippen molar-refractivity contribution in [2.75, 3.05) is 45.2 Å². The minimum absolute atomic E-state index is 0. The molecule has 1 aromatic rings. The van der Waals surface area contributed by atoms with Crippen LogP contribution in [0.4, 0.5) is 5.69 Å². The third-order valence-electron chi connectivity index (χ3n) is 5.56. The van der Waals surface area contributed by atoms with Gasteiger partial charge in [0.2, 0.25) is 0 Å². The number of aliphatic hydroxyl groups is 2. The van der Waals surface area contributed by atoms with Gasteiger partial charge in [-0.25, -0.2) is 0 Å². The van der Waals surface area contributed by atoms with E-state index in [9.17, 15) is 15.0 Å². The number of carbonyl (C=O) groups excluding carboxylic acids is 1. The number of aliphatic hydroxyl groups excluding tert-OH is 2. The standard InChI is InChI=1S/C20H31N3O4.2ClH/c1-22(2)15-8-6-14(7-9-15)20(26)21-12-16-18(19(25)17(13-24)27-16)23-10-4-3-5-11-23;;/h6-9,16-19,24-25H,3-5,10-13H2,1-2H3,(H,21,26);2*1H/t16-,17+,18+,19-;;/m1../s1. The summed E-state index contributed by atoms with van der Waals surface area (Å²) in [6, 6.07) is 7.21. The van der Waals surface area contributed by atoms with Gasteiger partial charge in [0.1, 0.15) is 12.2 Å². The molecule has 3 N–H and O–H groups in total. The smallest absolute Gasteiger partial charge is 0.251 e. The summed E-state index contributed by atoms with van der Waals surface area (Å²) in [7, 11) is 3.91. The van der Waals surface area contributed by atoms with Crippen molar-refractivity contribution >= 4 is 36.4 Å². The molecule has 2 aliphatic heterocycles. The van der Waals surface area contributed by atoms with Gasteiger partial charge in [-0.1, -0.05) is 6.42 Å². The molecule has 0 radical (unpaired) electrons. The molecule has 7 nitrogen and oxygen atoms in total. The number of nitrogens with zero attached hydrogens (tertiary/aromatic N) is 2. The Kier molecular flexibility index (Phi) is 10.7. The van der Waals surface area contributed by atoms with Crippen LogP contribution in [0.15, 0.2) is 24.3 Å². The van der Waals surface area contributed by atoms with Crippen molar-refractivity contribution in [3.63, 3.8) is 0 Å². The van der Waals surface area contributed by atoms with E-state index in [-0.39, 0.29) is 49.5 Å². The second-order valence-electron chi connectivity index (χ2n) is 7.62. The van der Waals surface area contributed by atoms with Crippen molar-refractivity contribution in [1.29, 1.82) is 0 Å². The number of hydrogen-bond acceptors (Lipinski definition) is 6. The van der Waals surface area contributed by atoms with Gasteiger partial charge in [0.05, 0.1) is 18.8 Å². The van der Waals surface area contributed by atoms with Crippen LogP contribution in [0.5, 0.6) is 0 Å². The van der Waals surface area contributed by atoms with E-state index < -0.39 is 12.2 Å². The SMILES string of the molecule is CN(C)c1ccc(C(=O)NC[C@H]2O[C@@H](CO)[C@@H](O)[C@H]2N2CCCCC2)cc1.Cl.Cl. The number of benzene rings is 1. The lowest BCUT2D eigenvalue weighted by molar-refractivity contribution is -0.0209. The number of hydrogen-bond donors (Lipinski definition) is 3. The minimum atomic E-state index is -0.741. The first-order valence-electron chi connectivity index (χ1n) is 9.75. The lowest BCUT2D eigenvalue weighted by Crippen LogP contribution is -2.52. The van der Waals surface area contributed by atoms with Gasteiger partial charge in [0.25, 0.3) is 5.91 Å². The Morgan fingerprint density at radius 1 is 1.14 bits per heavy atom. The Balaban J connectivity index is 0.00000210. The van der Waals surface area contributed by atoms with Crippen molar-refractivity contribution in [2.45, 2.75) is 43.6 Å². The van der Waals surface area contributed by atoms with Gasteiger partial charge in [-0.05, 0) is 50.2 Å². The fraction of sp³-hybridized carbons (Fsp3) is 0.650. The number of halogens is 2. The van der Waals surface area contributed by atoms with E-state index in [1.807, 2.05) is 31.1 Å². The number of piperidine rings is 1. The molecule has 1 amide bonds. The Labute approximate surface area is 185 Å². The molecular formula is C20H33Cl2N3O4. The summed E-state index contributed by atoms with van der Waals surface area (Å²) in [5, 5.41) is 23.0. The molecule has 166 valence electrons. The van der Waals surface area contributed by atoms with Gasteiger partial charge in [0.15, 0.2) is 0 Å². The first-order chi connectivity index (χ1) is 13.0. The molecular weight excluding hydrogens is 417 g/mol. The van der Waals surface area contributed by atoms with E-state index in [1.54, 1.807) is 12.1 Å². The maximum absolute atomic E-state index is 12.5. The Morgan fingerprint density at radius 3 is 2.31 bits per heavy atom. The van der Waals surface area contributed by atoms with Crippen molar-refractivity contribution in [3.05, 3.63) is 29.8 Å². The largest absolute Gasteiger partial charge is 0.394 e. The molecule has 3 rings (SSSR count). The number of likely N-dealkylation sites (tertiary alicyclic amines) is 1. The topological polar surface area (TPSA) is 85.3 Å². The van der Waals surface area contributed by atoms with Crippen molar-refractivity contribution in [1.82, 2.24) is 10.2 Å². The first-order valence-corrected chi connectivity index (χ1v) is 9.75. The van der Waals surface area contributed by atoms with E-state index in [1.165, 1.54) is 6.42 Å². The minimum Gasteiger partial charge on any atom is -0.394 e. The van der Waals surface area contributed by atoms with Crippen LogP contribution < -0.4 is 10.2 Å². The van der Waals surface area contributed by atoms with Gasteiger partial charge in [-0.3, -0.25) is 9.69 Å². The summed E-state index contributed by atoms with van der Waals surface area (Å²) < 4.78 is 5.86. The average Bonchev–Trinajstić information content (AvgIpc) is 3.02. The van der Waals surface area contributed by atoms with Crippen LogP contribution in [0.3, 0.4) is 0 Å². The highest BCUT2D eigenvalue weighted by atomic mass is 35.5. The van der Waals surface area contributed by atoms with Crippen molar-refractivity contribution < 1.29 is 19.7 Å². The molecule has 0 aliphatic carbocycles. The van der Waals surface area contributed by atoms with E-state index in [0.29, 0.717) is 12.1 Å². The van der Waals surface area contributed by atoms with Crippen LogP contribution in [-0.4, -0.2) is 85.7 Å². The lowest BCUT2D eigenvalue weighted by Gasteiger charge is -2.36. The van der Waals surface area contributed by atoms with Gasteiger partial charge < -0.3 is 25.2 Å². The quantitative estimate of drug-likeness (QED) is 0.606. The molecule has 2 aliphatic rings.